The second-order valence-corrected chi connectivity index (χ2v) is 7.07. The van der Waals surface area contributed by atoms with Gasteiger partial charge in [0.1, 0.15) is 0 Å². The van der Waals surface area contributed by atoms with Crippen molar-refractivity contribution in [3.63, 3.8) is 0 Å². The Balaban J connectivity index is 2.27. The second kappa shape index (κ2) is 9.17. The Hall–Kier alpha value is -3.15. The minimum Gasteiger partial charge on any atom is -0.465 e. The molecule has 0 radical (unpaired) electrons. The molecule has 0 spiro atoms. The molecule has 6 nitrogen and oxygen atoms in total. The van der Waals surface area contributed by atoms with Gasteiger partial charge in [0.25, 0.3) is 0 Å². The van der Waals surface area contributed by atoms with Crippen molar-refractivity contribution in [1.82, 2.24) is 0 Å². The highest BCUT2D eigenvalue weighted by Crippen LogP contribution is 2.32. The van der Waals surface area contributed by atoms with E-state index in [1.54, 1.807) is 18.2 Å². The van der Waals surface area contributed by atoms with Crippen LogP contribution in [0, 0.1) is 0 Å². The fourth-order valence-corrected chi connectivity index (χ4v) is 2.92. The van der Waals surface area contributed by atoms with Crippen LogP contribution in [0.15, 0.2) is 42.5 Å². The molecule has 2 aromatic carbocycles. The van der Waals surface area contributed by atoms with E-state index in [-0.39, 0.29) is 23.1 Å². The maximum Gasteiger partial charge on any atom is 0.339 e. The molecule has 28 heavy (non-hydrogen) atoms. The zero-order valence-corrected chi connectivity index (χ0v) is 16.8. The predicted octanol–water partition coefficient (Wildman–Crippen LogP) is 4.30. The van der Waals surface area contributed by atoms with Crippen molar-refractivity contribution in [2.24, 2.45) is 0 Å². The van der Waals surface area contributed by atoms with Crippen molar-refractivity contribution >= 4 is 29.2 Å². The summed E-state index contributed by atoms with van der Waals surface area (Å²) in [4.78, 5) is 36.9. The molecule has 0 aromatic heterocycles. The van der Waals surface area contributed by atoms with Gasteiger partial charge < -0.3 is 15.4 Å². The van der Waals surface area contributed by atoms with Crippen molar-refractivity contribution < 1.29 is 19.1 Å². The largest absolute Gasteiger partial charge is 0.465 e. The summed E-state index contributed by atoms with van der Waals surface area (Å²) in [7, 11) is 1.25. The third kappa shape index (κ3) is 4.76. The molecule has 0 bridgehead atoms. The second-order valence-electron chi connectivity index (χ2n) is 7.07. The number of para-hydroxylation sites is 2. The zero-order valence-electron chi connectivity index (χ0n) is 16.8. The van der Waals surface area contributed by atoms with Crippen molar-refractivity contribution in [1.29, 1.82) is 0 Å². The molecular weight excluding hydrogens is 356 g/mol. The predicted molar refractivity (Wildman–Crippen MR) is 110 cm³/mol. The lowest BCUT2D eigenvalue weighted by molar-refractivity contribution is -0.133. The van der Waals surface area contributed by atoms with Crippen LogP contribution in [0.1, 0.15) is 61.0 Å². The van der Waals surface area contributed by atoms with E-state index < -0.39 is 17.8 Å². The Morgan fingerprint density at radius 3 is 1.86 bits per heavy atom. The number of esters is 1. The Labute approximate surface area is 165 Å². The maximum atomic E-state index is 12.6. The Morgan fingerprint density at radius 1 is 0.786 bits per heavy atom. The molecule has 2 amide bonds. The van der Waals surface area contributed by atoms with Crippen molar-refractivity contribution in [3.05, 3.63) is 59.2 Å². The first kappa shape index (κ1) is 21.2. The van der Waals surface area contributed by atoms with Gasteiger partial charge in [0.05, 0.1) is 18.4 Å². The average Bonchev–Trinajstić information content (AvgIpc) is 2.67. The van der Waals surface area contributed by atoms with Crippen LogP contribution in [0.2, 0.25) is 0 Å². The van der Waals surface area contributed by atoms with Gasteiger partial charge in [-0.05, 0) is 35.1 Å². The maximum absolute atomic E-state index is 12.6. The van der Waals surface area contributed by atoms with Crippen LogP contribution in [0.4, 0.5) is 11.4 Å². The molecule has 0 heterocycles. The number of anilines is 2. The van der Waals surface area contributed by atoms with Crippen molar-refractivity contribution in [2.45, 2.75) is 39.5 Å². The van der Waals surface area contributed by atoms with Crippen LogP contribution in [-0.2, 0) is 14.3 Å². The van der Waals surface area contributed by atoms with Gasteiger partial charge in [0.15, 0.2) is 0 Å². The molecule has 0 aliphatic rings. The van der Waals surface area contributed by atoms with Gasteiger partial charge in [0.2, 0.25) is 0 Å². The third-order valence-electron chi connectivity index (χ3n) is 4.40. The smallest absolute Gasteiger partial charge is 0.339 e. The molecule has 0 saturated carbocycles. The summed E-state index contributed by atoms with van der Waals surface area (Å²) in [5.74, 6) is -1.89. The lowest BCUT2D eigenvalue weighted by Crippen LogP contribution is -2.30. The molecule has 0 unspecified atom stereocenters. The lowest BCUT2D eigenvalue weighted by atomic mass is 9.92. The van der Waals surface area contributed by atoms with Crippen LogP contribution in [0.5, 0.6) is 0 Å². The van der Waals surface area contributed by atoms with Gasteiger partial charge in [-0.3, -0.25) is 9.59 Å². The fourth-order valence-electron chi connectivity index (χ4n) is 2.92. The number of hydrogen-bond acceptors (Lipinski definition) is 4. The van der Waals surface area contributed by atoms with E-state index in [1.807, 2.05) is 45.9 Å². The number of methoxy groups -OCH3 is 1. The van der Waals surface area contributed by atoms with Gasteiger partial charge in [-0.15, -0.1) is 0 Å². The highest BCUT2D eigenvalue weighted by atomic mass is 16.5. The average molecular weight is 382 g/mol. The summed E-state index contributed by atoms with van der Waals surface area (Å²) in [5.41, 5.74) is 2.98. The standard InChI is InChI=1S/C22H26N2O4/c1-13(2)15-10-8-11-16(14(3)4)19(15)24-21(26)20(25)23-18-12-7-6-9-17(18)22(27)28-5/h6-14H,1-5H3,(H,23,25)(H,24,26). The molecule has 0 aliphatic heterocycles. The van der Waals surface area contributed by atoms with Crippen molar-refractivity contribution in [3.8, 4) is 0 Å². The SMILES string of the molecule is COC(=O)c1ccccc1NC(=O)C(=O)Nc1c(C(C)C)cccc1C(C)C. The van der Waals surface area contributed by atoms with Gasteiger partial charge in [-0.2, -0.15) is 0 Å². The monoisotopic (exact) mass is 382 g/mol. The summed E-state index contributed by atoms with van der Waals surface area (Å²) in [6, 6.07) is 12.2. The Kier molecular flexibility index (Phi) is 6.93. The minimum atomic E-state index is -0.857. The molecule has 2 N–H and O–H groups in total. The van der Waals surface area contributed by atoms with E-state index in [0.29, 0.717) is 5.69 Å². The van der Waals surface area contributed by atoms with Crippen LogP contribution in [0.25, 0.3) is 0 Å². The number of carbonyl (C=O) groups is 3. The number of carbonyl (C=O) groups excluding carboxylic acids is 3. The Morgan fingerprint density at radius 2 is 1.32 bits per heavy atom. The number of ether oxygens (including phenoxy) is 1. The van der Waals surface area contributed by atoms with E-state index in [4.69, 9.17) is 4.74 Å². The van der Waals surface area contributed by atoms with Gasteiger partial charge in [-0.1, -0.05) is 58.0 Å². The summed E-state index contributed by atoms with van der Waals surface area (Å²) in [6.45, 7) is 8.12. The number of nitrogens with one attached hydrogen (secondary N) is 2. The van der Waals surface area contributed by atoms with Crippen LogP contribution < -0.4 is 10.6 Å². The molecule has 0 aliphatic carbocycles. The van der Waals surface area contributed by atoms with E-state index in [1.165, 1.54) is 13.2 Å². The number of amides is 2. The van der Waals surface area contributed by atoms with E-state index in [9.17, 15) is 14.4 Å². The van der Waals surface area contributed by atoms with Crippen molar-refractivity contribution in [2.75, 3.05) is 17.7 Å². The molecule has 2 aromatic rings. The minimum absolute atomic E-state index is 0.177. The molecule has 2 rings (SSSR count). The van der Waals surface area contributed by atoms with Crippen LogP contribution >= 0.6 is 0 Å². The number of rotatable bonds is 5. The zero-order chi connectivity index (χ0) is 20.8. The number of hydrogen-bond donors (Lipinski definition) is 2. The topological polar surface area (TPSA) is 84.5 Å². The first-order chi connectivity index (χ1) is 13.3. The first-order valence-electron chi connectivity index (χ1n) is 9.18. The first-order valence-corrected chi connectivity index (χ1v) is 9.18. The lowest BCUT2D eigenvalue weighted by Gasteiger charge is -2.20. The van der Waals surface area contributed by atoms with Crippen LogP contribution in [-0.4, -0.2) is 24.9 Å². The Bertz CT molecular complexity index is 862. The number of benzene rings is 2. The summed E-state index contributed by atoms with van der Waals surface area (Å²) >= 11 is 0. The highest BCUT2D eigenvalue weighted by molar-refractivity contribution is 6.44. The van der Waals surface area contributed by atoms with E-state index in [0.717, 1.165) is 11.1 Å². The van der Waals surface area contributed by atoms with Gasteiger partial charge >= 0.3 is 17.8 Å². The third-order valence-corrected chi connectivity index (χ3v) is 4.40. The molecule has 148 valence electrons. The molecule has 0 fully saturated rings. The van der Waals surface area contributed by atoms with Gasteiger partial charge in [0, 0.05) is 5.69 Å². The van der Waals surface area contributed by atoms with Gasteiger partial charge in [-0.25, -0.2) is 4.79 Å². The molecule has 0 saturated heterocycles. The summed E-state index contributed by atoms with van der Waals surface area (Å²) in [6.07, 6.45) is 0. The van der Waals surface area contributed by atoms with E-state index >= 15 is 0 Å². The molecular formula is C22H26N2O4. The van der Waals surface area contributed by atoms with Crippen LogP contribution in [0.3, 0.4) is 0 Å². The molecule has 6 heteroatoms. The summed E-state index contributed by atoms with van der Waals surface area (Å²) < 4.78 is 4.71. The van der Waals surface area contributed by atoms with E-state index in [2.05, 4.69) is 10.6 Å². The molecule has 0 atom stereocenters. The normalized spacial score (nSPS) is 10.7. The highest BCUT2D eigenvalue weighted by Gasteiger charge is 2.21. The fraction of sp³-hybridized carbons (Fsp3) is 0.318. The quantitative estimate of drug-likeness (QED) is 0.596. The summed E-state index contributed by atoms with van der Waals surface area (Å²) in [5, 5.41) is 5.25.